The van der Waals surface area contributed by atoms with Crippen LogP contribution >= 0.6 is 0 Å². The first-order valence-corrected chi connectivity index (χ1v) is 14.3. The summed E-state index contributed by atoms with van der Waals surface area (Å²) < 4.78 is 127. The van der Waals surface area contributed by atoms with Crippen molar-refractivity contribution in [3.05, 3.63) is 170 Å². The second kappa shape index (κ2) is 10.4. The van der Waals surface area contributed by atoms with E-state index in [4.69, 9.17) is 20.9 Å². The molecule has 0 spiro atoms. The lowest BCUT2D eigenvalue weighted by molar-refractivity contribution is 0.669. The quantitative estimate of drug-likeness (QED) is 0.187. The van der Waals surface area contributed by atoms with E-state index in [-0.39, 0.29) is 23.2 Å². The van der Waals surface area contributed by atoms with Crippen LogP contribution in [0.15, 0.2) is 174 Å². The highest BCUT2D eigenvalue weighted by molar-refractivity contribution is 6.25. The van der Waals surface area contributed by atoms with E-state index in [1.165, 1.54) is 0 Å². The minimum absolute atomic E-state index is 0.0229. The largest absolute Gasteiger partial charge is 0.456 e. The van der Waals surface area contributed by atoms with E-state index >= 15 is 0 Å². The third kappa shape index (κ3) is 4.17. The molecule has 1 aromatic heterocycles. The van der Waals surface area contributed by atoms with Crippen molar-refractivity contribution in [2.75, 3.05) is 0 Å². The highest BCUT2D eigenvalue weighted by Crippen LogP contribution is 2.47. The Balaban J connectivity index is 1.35. The number of furan rings is 1. The Morgan fingerprint density at radius 2 is 0.911 bits per heavy atom. The van der Waals surface area contributed by atoms with E-state index in [0.717, 1.165) is 11.1 Å². The van der Waals surface area contributed by atoms with Crippen molar-refractivity contribution in [1.29, 1.82) is 0 Å². The minimum Gasteiger partial charge on any atom is -0.456 e. The Morgan fingerprint density at radius 3 is 1.53 bits per heavy atom. The summed E-state index contributed by atoms with van der Waals surface area (Å²) in [5, 5.41) is 3.95. The molecule has 210 valence electrons. The lowest BCUT2D eigenvalue weighted by Crippen LogP contribution is -1.91. The van der Waals surface area contributed by atoms with Gasteiger partial charge in [0.15, 0.2) is 0 Å². The van der Waals surface area contributed by atoms with Gasteiger partial charge in [-0.2, -0.15) is 0 Å². The molecule has 0 aliphatic heterocycles. The van der Waals surface area contributed by atoms with Crippen LogP contribution in [0.2, 0.25) is 0 Å². The zero-order chi connectivity index (χ0) is 41.9. The van der Waals surface area contributed by atoms with Gasteiger partial charge in [-0.15, -0.1) is 0 Å². The highest BCUT2D eigenvalue weighted by atomic mass is 16.3. The summed E-state index contributed by atoms with van der Waals surface area (Å²) in [6.45, 7) is 0. The fourth-order valence-corrected chi connectivity index (χ4v) is 6.21. The van der Waals surface area contributed by atoms with Gasteiger partial charge >= 0.3 is 0 Å². The molecular formula is C44H28O. The van der Waals surface area contributed by atoms with Gasteiger partial charge in [0.25, 0.3) is 0 Å². The fraction of sp³-hybridized carbons (Fsp3) is 0. The van der Waals surface area contributed by atoms with E-state index in [9.17, 15) is 2.74 Å². The predicted octanol–water partition coefficient (Wildman–Crippen LogP) is 12.6. The van der Waals surface area contributed by atoms with Gasteiger partial charge in [-0.3, -0.25) is 0 Å². The standard InChI is InChI=1S/C44H28O/c1-3-12-29(13-4-1)31-22-24-32(25-23-31)42-34-16-7-9-18-36(34)43(37-19-10-8-17-35(37)42)38-20-11-21-41-44(38)39-28-33(26-27-40(39)45-41)30-14-5-2-6-15-30/h1-28H/i1D,2D,3D,4D,5D,6D,12D,13D,14D,15D,22D,23D,24D,25D. The van der Waals surface area contributed by atoms with Gasteiger partial charge in [0.05, 0.1) is 19.2 Å². The van der Waals surface area contributed by atoms with Gasteiger partial charge in [-0.25, -0.2) is 0 Å². The predicted molar refractivity (Wildman–Crippen MR) is 190 cm³/mol. The van der Waals surface area contributed by atoms with Crippen LogP contribution in [0.3, 0.4) is 0 Å². The zero-order valence-corrected chi connectivity index (χ0v) is 23.5. The molecule has 1 heteroatoms. The Bertz CT molecular complexity index is 3190. The number of rotatable bonds is 4. The molecule has 0 amide bonds. The van der Waals surface area contributed by atoms with E-state index in [1.54, 1.807) is 18.2 Å². The topological polar surface area (TPSA) is 13.1 Å². The summed E-state index contributed by atoms with van der Waals surface area (Å²) in [5.74, 6) is 0. The highest BCUT2D eigenvalue weighted by Gasteiger charge is 2.20. The first kappa shape index (κ1) is 15.2. The summed E-state index contributed by atoms with van der Waals surface area (Å²) in [6, 6.07) is 18.3. The first-order valence-electron chi connectivity index (χ1n) is 21.3. The monoisotopic (exact) mass is 586 g/mol. The molecule has 0 radical (unpaired) electrons. The van der Waals surface area contributed by atoms with Gasteiger partial charge in [0.2, 0.25) is 0 Å². The minimum atomic E-state index is -0.653. The fourth-order valence-electron chi connectivity index (χ4n) is 6.21. The summed E-state index contributed by atoms with van der Waals surface area (Å²) in [6.07, 6.45) is 0. The molecule has 0 unspecified atom stereocenters. The molecule has 0 saturated carbocycles. The van der Waals surface area contributed by atoms with Crippen molar-refractivity contribution in [2.45, 2.75) is 0 Å². The second-order valence-corrected chi connectivity index (χ2v) is 10.6. The Kier molecular flexibility index (Phi) is 3.50. The molecule has 0 N–H and O–H groups in total. The SMILES string of the molecule is [2H]c1c([2H])c([2H])c(-c2ccc3oc4cccc(-c5c6ccccc6c(-c6c([2H])c([2H])c(-c7c([2H])c([2H])c([2H])c([2H])c7[2H])c([2H])c6[2H])c6ccccc56)c4c3c2)c([2H])c1[2H]. The summed E-state index contributed by atoms with van der Waals surface area (Å²) in [4.78, 5) is 0. The Morgan fingerprint density at radius 1 is 0.378 bits per heavy atom. The summed E-state index contributed by atoms with van der Waals surface area (Å²) >= 11 is 0. The average Bonchev–Trinajstić information content (AvgIpc) is 3.62. The molecule has 0 saturated heterocycles. The lowest BCUT2D eigenvalue weighted by Gasteiger charge is -2.18. The molecule has 0 aliphatic rings. The maximum atomic E-state index is 9.34. The van der Waals surface area contributed by atoms with Crippen molar-refractivity contribution in [1.82, 2.24) is 0 Å². The third-order valence-corrected chi connectivity index (χ3v) is 8.11. The van der Waals surface area contributed by atoms with Crippen LogP contribution in [-0.4, -0.2) is 0 Å². The molecule has 9 aromatic rings. The molecule has 0 bridgehead atoms. The van der Waals surface area contributed by atoms with Crippen molar-refractivity contribution in [3.8, 4) is 44.5 Å². The number of fused-ring (bicyclic) bond motifs is 5. The molecule has 1 nitrogen and oxygen atoms in total. The maximum Gasteiger partial charge on any atom is 0.136 e. The van der Waals surface area contributed by atoms with Gasteiger partial charge < -0.3 is 4.42 Å². The normalized spacial score (nSPS) is 15.9. The zero-order valence-electron chi connectivity index (χ0n) is 37.5. The van der Waals surface area contributed by atoms with Crippen LogP contribution in [0.25, 0.3) is 88.0 Å². The molecular weight excluding hydrogens is 544 g/mol. The van der Waals surface area contributed by atoms with E-state index < -0.39 is 83.6 Å². The number of hydrogen-bond donors (Lipinski definition) is 0. The number of hydrogen-bond acceptors (Lipinski definition) is 1. The molecule has 0 atom stereocenters. The molecule has 0 aliphatic carbocycles. The van der Waals surface area contributed by atoms with E-state index in [2.05, 4.69) is 0 Å². The summed E-state index contributed by atoms with van der Waals surface area (Å²) in [5.41, 5.74) is 2.61. The van der Waals surface area contributed by atoms with Crippen LogP contribution in [0.1, 0.15) is 19.2 Å². The van der Waals surface area contributed by atoms with Crippen molar-refractivity contribution < 1.29 is 23.6 Å². The van der Waals surface area contributed by atoms with Crippen LogP contribution in [-0.2, 0) is 0 Å². The van der Waals surface area contributed by atoms with Gasteiger partial charge in [0, 0.05) is 10.8 Å². The van der Waals surface area contributed by atoms with Gasteiger partial charge in [-0.05, 0) is 84.3 Å². The molecule has 9 rings (SSSR count). The Hall–Kier alpha value is -5.92. The second-order valence-electron chi connectivity index (χ2n) is 10.6. The Labute approximate surface area is 281 Å². The number of benzene rings is 8. The maximum absolute atomic E-state index is 9.34. The molecule has 1 heterocycles. The van der Waals surface area contributed by atoms with Crippen molar-refractivity contribution in [2.24, 2.45) is 0 Å². The van der Waals surface area contributed by atoms with Gasteiger partial charge in [0.1, 0.15) is 11.2 Å². The van der Waals surface area contributed by atoms with E-state index in [0.29, 0.717) is 54.6 Å². The van der Waals surface area contributed by atoms with Crippen molar-refractivity contribution >= 4 is 43.5 Å². The van der Waals surface area contributed by atoms with E-state index in [1.807, 2.05) is 66.7 Å². The van der Waals surface area contributed by atoms with Crippen LogP contribution < -0.4 is 0 Å². The molecule has 8 aromatic carbocycles. The van der Waals surface area contributed by atoms with Crippen LogP contribution in [0.5, 0.6) is 0 Å². The van der Waals surface area contributed by atoms with Gasteiger partial charge in [-0.1, -0.05) is 151 Å². The third-order valence-electron chi connectivity index (χ3n) is 8.11. The average molecular weight is 587 g/mol. The first-order chi connectivity index (χ1) is 28.1. The smallest absolute Gasteiger partial charge is 0.136 e. The van der Waals surface area contributed by atoms with Crippen molar-refractivity contribution in [3.63, 3.8) is 0 Å². The molecule has 0 fully saturated rings. The van der Waals surface area contributed by atoms with Crippen LogP contribution in [0.4, 0.5) is 0 Å². The lowest BCUT2D eigenvalue weighted by atomic mass is 9.84. The van der Waals surface area contributed by atoms with Crippen LogP contribution in [0, 0.1) is 0 Å². The molecule has 45 heavy (non-hydrogen) atoms. The summed E-state index contributed by atoms with van der Waals surface area (Å²) in [7, 11) is 0.